The molecule has 4 aromatic rings. The highest BCUT2D eigenvalue weighted by atomic mass is 16.5. The first-order valence-electron chi connectivity index (χ1n) is 10.5. The predicted molar refractivity (Wildman–Crippen MR) is 119 cm³/mol. The van der Waals surface area contributed by atoms with E-state index in [9.17, 15) is 9.59 Å². The number of fused-ring (bicyclic) bond motifs is 1. The van der Waals surface area contributed by atoms with E-state index in [2.05, 4.69) is 10.5 Å². The summed E-state index contributed by atoms with van der Waals surface area (Å²) in [6.07, 6.45) is 6.70. The fourth-order valence-electron chi connectivity index (χ4n) is 3.98. The molecule has 156 valence electrons. The zero-order valence-electron chi connectivity index (χ0n) is 17.3. The van der Waals surface area contributed by atoms with Crippen LogP contribution in [-0.4, -0.2) is 21.7 Å². The molecular formula is C25H23N3O3. The number of rotatable bonds is 5. The third kappa shape index (κ3) is 3.77. The Morgan fingerprint density at radius 1 is 1.19 bits per heavy atom. The highest BCUT2D eigenvalue weighted by molar-refractivity contribution is 5.94. The van der Waals surface area contributed by atoms with Crippen molar-refractivity contribution in [3.63, 3.8) is 0 Å². The molecule has 0 radical (unpaired) electrons. The monoisotopic (exact) mass is 413 g/mol. The number of aromatic nitrogens is 2. The van der Waals surface area contributed by atoms with Crippen LogP contribution in [0.1, 0.15) is 40.9 Å². The largest absolute Gasteiger partial charge is 0.364 e. The molecule has 6 nitrogen and oxygen atoms in total. The van der Waals surface area contributed by atoms with Gasteiger partial charge in [-0.05, 0) is 73.0 Å². The van der Waals surface area contributed by atoms with Crippen molar-refractivity contribution in [3.05, 3.63) is 88.2 Å². The van der Waals surface area contributed by atoms with Gasteiger partial charge in [0.15, 0.2) is 0 Å². The van der Waals surface area contributed by atoms with Crippen molar-refractivity contribution in [1.29, 1.82) is 0 Å². The summed E-state index contributed by atoms with van der Waals surface area (Å²) < 4.78 is 6.71. The van der Waals surface area contributed by atoms with Gasteiger partial charge < -0.3 is 14.4 Å². The second-order valence-corrected chi connectivity index (χ2v) is 8.17. The van der Waals surface area contributed by atoms with Crippen LogP contribution < -0.4 is 10.9 Å². The summed E-state index contributed by atoms with van der Waals surface area (Å²) in [4.78, 5) is 25.5. The smallest absolute Gasteiger partial charge is 0.258 e. The molecule has 2 heterocycles. The van der Waals surface area contributed by atoms with Gasteiger partial charge in [0, 0.05) is 28.8 Å². The van der Waals surface area contributed by atoms with Crippen LogP contribution in [0.2, 0.25) is 0 Å². The van der Waals surface area contributed by atoms with Gasteiger partial charge in [0.1, 0.15) is 6.26 Å². The highest BCUT2D eigenvalue weighted by Crippen LogP contribution is 2.25. The van der Waals surface area contributed by atoms with Gasteiger partial charge in [-0.3, -0.25) is 9.59 Å². The fraction of sp³-hybridized carbons (Fsp3) is 0.240. The van der Waals surface area contributed by atoms with Gasteiger partial charge in [0.2, 0.25) is 0 Å². The van der Waals surface area contributed by atoms with Gasteiger partial charge in [-0.25, -0.2) is 0 Å². The van der Waals surface area contributed by atoms with Crippen LogP contribution >= 0.6 is 0 Å². The molecule has 2 aromatic carbocycles. The number of carbonyl (C=O) groups excluding carboxylic acids is 1. The third-order valence-electron chi connectivity index (χ3n) is 6.02. The Hall–Kier alpha value is -3.67. The van der Waals surface area contributed by atoms with Crippen molar-refractivity contribution in [3.8, 4) is 11.1 Å². The Labute approximate surface area is 179 Å². The minimum absolute atomic E-state index is 0.0473. The number of pyridine rings is 1. The molecule has 0 bridgehead atoms. The maximum Gasteiger partial charge on any atom is 0.258 e. The van der Waals surface area contributed by atoms with Crippen LogP contribution in [0, 0.1) is 6.92 Å². The molecule has 0 unspecified atom stereocenters. The van der Waals surface area contributed by atoms with Gasteiger partial charge >= 0.3 is 0 Å². The number of carbonyl (C=O) groups is 1. The predicted octanol–water partition coefficient (Wildman–Crippen LogP) is 4.30. The van der Waals surface area contributed by atoms with Crippen molar-refractivity contribution in [1.82, 2.24) is 15.0 Å². The van der Waals surface area contributed by atoms with Gasteiger partial charge in [0.25, 0.3) is 11.5 Å². The van der Waals surface area contributed by atoms with Gasteiger partial charge in [-0.1, -0.05) is 23.4 Å². The maximum atomic E-state index is 13.1. The molecule has 1 saturated carbocycles. The number of nitrogens with zero attached hydrogens (tertiary/aromatic N) is 2. The zero-order valence-corrected chi connectivity index (χ0v) is 17.3. The lowest BCUT2D eigenvalue weighted by Gasteiger charge is -2.26. The normalized spacial score (nSPS) is 13.8. The van der Waals surface area contributed by atoms with Crippen LogP contribution in [0.3, 0.4) is 0 Å². The van der Waals surface area contributed by atoms with Crippen molar-refractivity contribution >= 4 is 16.7 Å². The lowest BCUT2D eigenvalue weighted by atomic mass is 9.93. The summed E-state index contributed by atoms with van der Waals surface area (Å²) in [5.74, 6) is -0.0473. The van der Waals surface area contributed by atoms with Crippen LogP contribution in [0.5, 0.6) is 0 Å². The molecule has 0 atom stereocenters. The average Bonchev–Trinajstić information content (AvgIpc) is 3.18. The first kappa shape index (κ1) is 19.3. The molecule has 5 rings (SSSR count). The van der Waals surface area contributed by atoms with E-state index in [0.29, 0.717) is 23.5 Å². The van der Waals surface area contributed by atoms with Crippen molar-refractivity contribution in [2.75, 3.05) is 0 Å². The van der Waals surface area contributed by atoms with E-state index in [1.54, 1.807) is 17.0 Å². The minimum Gasteiger partial charge on any atom is -0.364 e. The molecule has 0 aliphatic heterocycles. The van der Waals surface area contributed by atoms with E-state index in [1.807, 2.05) is 55.5 Å². The molecule has 2 aromatic heterocycles. The summed E-state index contributed by atoms with van der Waals surface area (Å²) in [6, 6.07) is 15.5. The number of nitrogens with one attached hydrogen (secondary N) is 1. The zero-order chi connectivity index (χ0) is 21.4. The maximum absolute atomic E-state index is 13.1. The average molecular weight is 413 g/mol. The van der Waals surface area contributed by atoms with Crippen molar-refractivity contribution in [2.45, 2.75) is 38.8 Å². The van der Waals surface area contributed by atoms with E-state index in [-0.39, 0.29) is 11.5 Å². The van der Waals surface area contributed by atoms with Crippen molar-refractivity contribution in [2.24, 2.45) is 0 Å². The van der Waals surface area contributed by atoms with E-state index in [1.165, 1.54) is 6.42 Å². The minimum atomic E-state index is -0.0598. The van der Waals surface area contributed by atoms with Crippen molar-refractivity contribution < 1.29 is 9.32 Å². The summed E-state index contributed by atoms with van der Waals surface area (Å²) in [5, 5.41) is 8.51. The fourth-order valence-corrected chi connectivity index (χ4v) is 3.98. The second kappa shape index (κ2) is 7.87. The second-order valence-electron chi connectivity index (χ2n) is 8.17. The number of hydrogen-bond acceptors (Lipinski definition) is 4. The molecule has 0 saturated heterocycles. The first-order chi connectivity index (χ1) is 15.1. The molecule has 31 heavy (non-hydrogen) atoms. The first-order valence-corrected chi connectivity index (χ1v) is 10.5. The van der Waals surface area contributed by atoms with E-state index in [0.717, 1.165) is 40.6 Å². The molecule has 1 N–H and O–H groups in total. The molecule has 0 spiro atoms. The van der Waals surface area contributed by atoms with Gasteiger partial charge in [-0.2, -0.15) is 0 Å². The summed E-state index contributed by atoms with van der Waals surface area (Å²) >= 11 is 0. The topological polar surface area (TPSA) is 77.1 Å². The Balaban J connectivity index is 1.41. The SMILES string of the molecule is Cc1nocc1-c1ccc2c(=O)n(Cc3cccc(C(=O)NC4CCC4)c3)ccc2c1. The van der Waals surface area contributed by atoms with Crippen LogP contribution in [0.15, 0.2) is 70.3 Å². The lowest BCUT2D eigenvalue weighted by molar-refractivity contribution is 0.0917. The standard InChI is InChI=1S/C25H23N3O3/c1-16-23(15-31-27-16)18-8-9-22-19(13-18)10-11-28(25(22)30)14-17-4-2-5-20(12-17)24(29)26-21-6-3-7-21/h2,4-5,8-13,15,21H,3,6-7,14H2,1H3,(H,26,29). The van der Waals surface area contributed by atoms with Crippen LogP contribution in [0.4, 0.5) is 0 Å². The number of hydrogen-bond donors (Lipinski definition) is 1. The summed E-state index contributed by atoms with van der Waals surface area (Å²) in [6.45, 7) is 2.30. The van der Waals surface area contributed by atoms with E-state index < -0.39 is 0 Å². The Bertz CT molecular complexity index is 1330. The lowest BCUT2D eigenvalue weighted by Crippen LogP contribution is -2.39. The van der Waals surface area contributed by atoms with Crippen LogP contribution in [0.25, 0.3) is 21.9 Å². The molecule has 1 fully saturated rings. The van der Waals surface area contributed by atoms with Crippen LogP contribution in [-0.2, 0) is 6.54 Å². The summed E-state index contributed by atoms with van der Waals surface area (Å²) in [5.41, 5.74) is 4.19. The highest BCUT2D eigenvalue weighted by Gasteiger charge is 2.20. The Morgan fingerprint density at radius 3 is 2.81 bits per heavy atom. The van der Waals surface area contributed by atoms with E-state index in [4.69, 9.17) is 4.52 Å². The van der Waals surface area contributed by atoms with Gasteiger partial charge in [-0.15, -0.1) is 0 Å². The summed E-state index contributed by atoms with van der Waals surface area (Å²) in [7, 11) is 0. The van der Waals surface area contributed by atoms with E-state index >= 15 is 0 Å². The van der Waals surface area contributed by atoms with Gasteiger partial charge in [0.05, 0.1) is 12.2 Å². The third-order valence-corrected chi connectivity index (χ3v) is 6.02. The Kier molecular flexibility index (Phi) is 4.90. The number of aryl methyl sites for hydroxylation is 1. The molecule has 6 heteroatoms. The molecule has 1 aliphatic carbocycles. The quantitative estimate of drug-likeness (QED) is 0.529. The molecule has 1 aliphatic rings. The molecular weight excluding hydrogens is 390 g/mol. The molecule has 1 amide bonds. The number of amides is 1. The Morgan fingerprint density at radius 2 is 2.06 bits per heavy atom. The number of benzene rings is 2.